The van der Waals surface area contributed by atoms with E-state index in [1.165, 1.54) is 17.3 Å². The van der Waals surface area contributed by atoms with E-state index in [9.17, 15) is 0 Å². The number of hydrazine groups is 1. The molecule has 0 saturated heterocycles. The Labute approximate surface area is 109 Å². The van der Waals surface area contributed by atoms with Gasteiger partial charge in [0.15, 0.2) is 5.82 Å². The lowest BCUT2D eigenvalue weighted by Gasteiger charge is -2.09. The highest BCUT2D eigenvalue weighted by Gasteiger charge is 2.10. The van der Waals surface area contributed by atoms with Gasteiger partial charge < -0.3 is 16.9 Å². The summed E-state index contributed by atoms with van der Waals surface area (Å²) in [6.45, 7) is 0. The fourth-order valence-electron chi connectivity index (χ4n) is 1.41. The Balaban J connectivity index is 2.17. The molecule has 18 heavy (non-hydrogen) atoms. The van der Waals surface area contributed by atoms with Gasteiger partial charge in [0.25, 0.3) is 0 Å². The van der Waals surface area contributed by atoms with Crippen LogP contribution < -0.4 is 22.7 Å². The fraction of sp³-hybridized carbons (Fsp3) is 0.0909. The number of hydrogen-bond donors (Lipinski definition) is 4. The summed E-state index contributed by atoms with van der Waals surface area (Å²) in [5, 5.41) is 0.624. The van der Waals surface area contributed by atoms with Crippen molar-refractivity contribution in [3.63, 3.8) is 0 Å². The average molecular weight is 262 g/mol. The minimum atomic E-state index is 0.146. The van der Waals surface area contributed by atoms with E-state index >= 15 is 0 Å². The first-order chi connectivity index (χ1) is 8.70. The van der Waals surface area contributed by atoms with Crippen LogP contribution in [0.1, 0.15) is 5.56 Å². The van der Waals surface area contributed by atoms with Gasteiger partial charge in [-0.15, -0.1) is 0 Å². The zero-order valence-corrected chi connectivity index (χ0v) is 10.4. The zero-order chi connectivity index (χ0) is 13.0. The maximum atomic E-state index is 5.88. The first-order valence-corrected chi connectivity index (χ1v) is 6.25. The molecule has 7 N–H and O–H groups in total. The lowest BCUT2D eigenvalue weighted by Crippen LogP contribution is -2.13. The summed E-state index contributed by atoms with van der Waals surface area (Å²) in [6.07, 6.45) is 0. The summed E-state index contributed by atoms with van der Waals surface area (Å²) in [5.41, 5.74) is 15.5. The largest absolute Gasteiger partial charge is 0.393 e. The van der Waals surface area contributed by atoms with Crippen LogP contribution in [0.3, 0.4) is 0 Å². The fourth-order valence-corrected chi connectivity index (χ4v) is 2.32. The van der Waals surface area contributed by atoms with Crippen LogP contribution in [0, 0.1) is 0 Å². The predicted molar refractivity (Wildman–Crippen MR) is 74.7 cm³/mol. The second-order valence-corrected chi connectivity index (χ2v) is 4.53. The molecule has 0 atom stereocenters. The van der Waals surface area contributed by atoms with Crippen molar-refractivity contribution in [3.8, 4) is 0 Å². The van der Waals surface area contributed by atoms with Crippen LogP contribution >= 0.6 is 11.8 Å². The van der Waals surface area contributed by atoms with Gasteiger partial charge in [-0.1, -0.05) is 42.1 Å². The third-order valence-corrected chi connectivity index (χ3v) is 3.35. The highest BCUT2D eigenvalue weighted by atomic mass is 32.2. The Morgan fingerprint density at radius 3 is 2.50 bits per heavy atom. The van der Waals surface area contributed by atoms with Gasteiger partial charge in [-0.25, -0.2) is 10.8 Å². The second-order valence-electron chi connectivity index (χ2n) is 3.57. The van der Waals surface area contributed by atoms with Crippen molar-refractivity contribution in [1.82, 2.24) is 9.97 Å². The van der Waals surface area contributed by atoms with Crippen molar-refractivity contribution < 1.29 is 0 Å². The zero-order valence-electron chi connectivity index (χ0n) is 9.63. The van der Waals surface area contributed by atoms with E-state index < -0.39 is 0 Å². The molecular formula is C11H14N6S. The number of nitrogens with two attached hydrogens (primary N) is 3. The molecule has 0 radical (unpaired) electrons. The standard InChI is InChI=1S/C11H14N6S/c12-8-9(17-14)15-11(13)16-10(8)18-6-7-4-2-1-3-5-7/h1-5H,6,12,14H2,(H3,13,15,16,17). The van der Waals surface area contributed by atoms with E-state index in [1.807, 2.05) is 30.3 Å². The summed E-state index contributed by atoms with van der Waals surface area (Å²) in [5.74, 6) is 6.56. The lowest BCUT2D eigenvalue weighted by atomic mass is 10.2. The Kier molecular flexibility index (Phi) is 3.85. The Morgan fingerprint density at radius 1 is 1.11 bits per heavy atom. The smallest absolute Gasteiger partial charge is 0.223 e. The highest BCUT2D eigenvalue weighted by molar-refractivity contribution is 7.98. The van der Waals surface area contributed by atoms with Gasteiger partial charge in [0.05, 0.1) is 0 Å². The molecule has 0 spiro atoms. The third kappa shape index (κ3) is 2.82. The number of nitrogens with one attached hydrogen (secondary N) is 1. The molecule has 0 saturated carbocycles. The summed E-state index contributed by atoms with van der Waals surface area (Å²) in [4.78, 5) is 8.00. The first kappa shape index (κ1) is 12.5. The van der Waals surface area contributed by atoms with Crippen LogP contribution in [0.5, 0.6) is 0 Å². The molecule has 6 nitrogen and oxygen atoms in total. The van der Waals surface area contributed by atoms with Gasteiger partial charge in [0.1, 0.15) is 10.7 Å². The maximum absolute atomic E-state index is 5.88. The van der Waals surface area contributed by atoms with E-state index in [-0.39, 0.29) is 5.95 Å². The first-order valence-electron chi connectivity index (χ1n) is 5.27. The van der Waals surface area contributed by atoms with E-state index in [0.717, 1.165) is 5.75 Å². The summed E-state index contributed by atoms with van der Waals surface area (Å²) in [6, 6.07) is 10.0. The van der Waals surface area contributed by atoms with Crippen LogP contribution in [0.2, 0.25) is 0 Å². The van der Waals surface area contributed by atoms with Crippen LogP contribution in [0.4, 0.5) is 17.5 Å². The van der Waals surface area contributed by atoms with Crippen molar-refractivity contribution in [2.75, 3.05) is 16.9 Å². The minimum Gasteiger partial charge on any atom is -0.393 e. The number of benzene rings is 1. The Hall–Kier alpha value is -1.99. The quantitative estimate of drug-likeness (QED) is 0.283. The summed E-state index contributed by atoms with van der Waals surface area (Å²) >= 11 is 1.49. The average Bonchev–Trinajstić information content (AvgIpc) is 2.40. The van der Waals surface area contributed by atoms with E-state index in [2.05, 4.69) is 15.4 Å². The van der Waals surface area contributed by atoms with E-state index in [0.29, 0.717) is 16.5 Å². The third-order valence-electron chi connectivity index (χ3n) is 2.28. The number of hydrogen-bond acceptors (Lipinski definition) is 7. The molecule has 7 heteroatoms. The topological polar surface area (TPSA) is 116 Å². The number of aromatic nitrogens is 2. The van der Waals surface area contributed by atoms with Gasteiger partial charge in [0.2, 0.25) is 5.95 Å². The molecule has 0 amide bonds. The molecule has 1 aromatic carbocycles. The van der Waals surface area contributed by atoms with Crippen molar-refractivity contribution in [1.29, 1.82) is 0 Å². The van der Waals surface area contributed by atoms with Gasteiger partial charge in [-0.05, 0) is 5.56 Å². The van der Waals surface area contributed by atoms with Crippen LogP contribution in [-0.4, -0.2) is 9.97 Å². The van der Waals surface area contributed by atoms with Crippen molar-refractivity contribution in [3.05, 3.63) is 35.9 Å². The summed E-state index contributed by atoms with van der Waals surface area (Å²) in [7, 11) is 0. The minimum absolute atomic E-state index is 0.146. The highest BCUT2D eigenvalue weighted by Crippen LogP contribution is 2.30. The number of anilines is 3. The van der Waals surface area contributed by atoms with Crippen LogP contribution in [0.25, 0.3) is 0 Å². The Morgan fingerprint density at radius 2 is 1.83 bits per heavy atom. The van der Waals surface area contributed by atoms with Crippen molar-refractivity contribution >= 4 is 29.2 Å². The normalized spacial score (nSPS) is 10.3. The molecule has 0 aliphatic heterocycles. The van der Waals surface area contributed by atoms with Crippen LogP contribution in [0.15, 0.2) is 35.4 Å². The lowest BCUT2D eigenvalue weighted by molar-refractivity contribution is 1.06. The number of rotatable bonds is 4. The molecule has 2 aromatic rings. The number of nitrogen functional groups attached to an aromatic ring is 3. The summed E-state index contributed by atoms with van der Waals surface area (Å²) < 4.78 is 0. The predicted octanol–water partition coefficient (Wildman–Crippen LogP) is 1.22. The van der Waals surface area contributed by atoms with Crippen molar-refractivity contribution in [2.24, 2.45) is 5.84 Å². The molecule has 94 valence electrons. The maximum Gasteiger partial charge on any atom is 0.223 e. The van der Waals surface area contributed by atoms with Gasteiger partial charge in [0, 0.05) is 5.75 Å². The van der Waals surface area contributed by atoms with E-state index in [4.69, 9.17) is 17.3 Å². The number of thioether (sulfide) groups is 1. The van der Waals surface area contributed by atoms with Gasteiger partial charge in [-0.3, -0.25) is 0 Å². The molecular weight excluding hydrogens is 248 g/mol. The molecule has 0 aliphatic carbocycles. The molecule has 0 fully saturated rings. The molecule has 1 aromatic heterocycles. The monoisotopic (exact) mass is 262 g/mol. The molecule has 2 rings (SSSR count). The molecule has 1 heterocycles. The van der Waals surface area contributed by atoms with Crippen molar-refractivity contribution in [2.45, 2.75) is 10.8 Å². The van der Waals surface area contributed by atoms with Gasteiger partial charge in [-0.2, -0.15) is 4.98 Å². The van der Waals surface area contributed by atoms with Crippen LogP contribution in [-0.2, 0) is 5.75 Å². The Bertz CT molecular complexity index is 531. The second kappa shape index (κ2) is 5.56. The van der Waals surface area contributed by atoms with Gasteiger partial charge >= 0.3 is 0 Å². The number of nitrogens with zero attached hydrogens (tertiary/aromatic N) is 2. The van der Waals surface area contributed by atoms with E-state index in [1.54, 1.807) is 0 Å². The molecule has 0 unspecified atom stereocenters. The molecule has 0 bridgehead atoms. The SMILES string of the molecule is NNc1nc(N)nc(SCc2ccccc2)c1N. The molecule has 0 aliphatic rings.